The summed E-state index contributed by atoms with van der Waals surface area (Å²) in [6.45, 7) is 11.8. The van der Waals surface area contributed by atoms with Gasteiger partial charge in [0, 0.05) is 44.0 Å². The number of ether oxygens (including phenoxy) is 4. The molecular formula is C50H60F3N7O9S2. The maximum absolute atomic E-state index is 13.9. The lowest BCUT2D eigenvalue weighted by molar-refractivity contribution is -0.144. The van der Waals surface area contributed by atoms with E-state index in [-0.39, 0.29) is 82.1 Å². The number of aliphatic hydroxyl groups is 1. The van der Waals surface area contributed by atoms with E-state index in [2.05, 4.69) is 20.6 Å². The van der Waals surface area contributed by atoms with Gasteiger partial charge in [-0.25, -0.2) is 4.98 Å². The van der Waals surface area contributed by atoms with Crippen LogP contribution in [0.25, 0.3) is 10.4 Å². The Bertz CT molecular complexity index is 2550. The first-order chi connectivity index (χ1) is 33.6. The second kappa shape index (κ2) is 23.6. The molecule has 3 N–H and O–H groups in total. The number of carbonyl (C=O) groups is 4. The van der Waals surface area contributed by atoms with E-state index in [1.54, 1.807) is 80.6 Å². The summed E-state index contributed by atoms with van der Waals surface area (Å²) in [5.74, 6) is -1.37. The van der Waals surface area contributed by atoms with Gasteiger partial charge in [-0.2, -0.15) is 13.2 Å². The molecule has 6 rings (SSSR count). The Morgan fingerprint density at radius 3 is 2.20 bits per heavy atom. The number of aromatic nitrogens is 1. The monoisotopic (exact) mass is 1020 g/mol. The van der Waals surface area contributed by atoms with Crippen LogP contribution in [0.5, 0.6) is 5.75 Å². The number of hydrogen-bond donors (Lipinski definition) is 3. The Balaban J connectivity index is 0.869. The SMILES string of the molecule is C/N=C\c1ccc(N2C(=O)C(C)(C)N(c3ccc(OCCOCCOCCOCC(=O)N[C@H](C(=O)N4C[C@H](O)C[C@H]4C(=O)NCc4ccc(-c5scnc5C)cc4)C(C)(C)C)cc3)C2=S)cc1C(F)(F)F. The molecule has 21 heteroatoms. The summed E-state index contributed by atoms with van der Waals surface area (Å²) in [4.78, 5) is 67.1. The second-order valence-electron chi connectivity index (χ2n) is 18.5. The zero-order valence-electron chi connectivity index (χ0n) is 40.7. The number of rotatable bonds is 21. The van der Waals surface area contributed by atoms with E-state index in [0.717, 1.165) is 38.9 Å². The summed E-state index contributed by atoms with van der Waals surface area (Å²) < 4.78 is 64.2. The molecule has 1 aromatic heterocycles. The first-order valence-corrected chi connectivity index (χ1v) is 24.2. The van der Waals surface area contributed by atoms with E-state index < -0.39 is 64.5 Å². The molecule has 0 aliphatic carbocycles. The number of aliphatic imine (C=N–C) groups is 1. The first-order valence-electron chi connectivity index (χ1n) is 22.9. The van der Waals surface area contributed by atoms with E-state index in [1.165, 1.54) is 24.1 Å². The Morgan fingerprint density at radius 1 is 0.958 bits per heavy atom. The van der Waals surface area contributed by atoms with Crippen LogP contribution in [-0.2, 0) is 46.1 Å². The molecule has 3 atom stereocenters. The van der Waals surface area contributed by atoms with Gasteiger partial charge in [0.2, 0.25) is 17.7 Å². The largest absolute Gasteiger partial charge is 0.491 e. The van der Waals surface area contributed by atoms with E-state index in [4.69, 9.17) is 31.2 Å². The number of hydrogen-bond acceptors (Lipinski definition) is 13. The lowest BCUT2D eigenvalue weighted by Crippen LogP contribution is -2.58. The van der Waals surface area contributed by atoms with Gasteiger partial charge in [-0.05, 0) is 85.9 Å². The number of aliphatic hydroxyl groups excluding tert-OH is 1. The van der Waals surface area contributed by atoms with Gasteiger partial charge in [0.05, 0.1) is 66.5 Å². The number of carbonyl (C=O) groups excluding carboxylic acids is 4. The third-order valence-electron chi connectivity index (χ3n) is 11.8. The first kappa shape index (κ1) is 54.5. The molecule has 0 radical (unpaired) electrons. The van der Waals surface area contributed by atoms with Crippen LogP contribution in [0, 0.1) is 12.3 Å². The van der Waals surface area contributed by atoms with Crippen molar-refractivity contribution in [1.82, 2.24) is 20.5 Å². The van der Waals surface area contributed by atoms with E-state index in [1.807, 2.05) is 31.2 Å². The smallest absolute Gasteiger partial charge is 0.417 e. The summed E-state index contributed by atoms with van der Waals surface area (Å²) in [6.07, 6.45) is -4.40. The van der Waals surface area contributed by atoms with Crippen molar-refractivity contribution in [3.05, 3.63) is 94.6 Å². The number of alkyl halides is 3. The molecule has 3 aromatic carbocycles. The number of nitrogens with zero attached hydrogens (tertiary/aromatic N) is 5. The van der Waals surface area contributed by atoms with Crippen molar-refractivity contribution in [2.45, 2.75) is 84.4 Å². The minimum Gasteiger partial charge on any atom is -0.491 e. The molecule has 4 aromatic rings. The van der Waals surface area contributed by atoms with Gasteiger partial charge in [-0.1, -0.05) is 51.1 Å². The fourth-order valence-corrected chi connectivity index (χ4v) is 9.47. The third kappa shape index (κ3) is 13.6. The summed E-state index contributed by atoms with van der Waals surface area (Å²) in [7, 11) is 1.37. The maximum atomic E-state index is 13.9. The topological polar surface area (TPSA) is 184 Å². The molecule has 16 nitrogen and oxygen atoms in total. The molecule has 0 bridgehead atoms. The molecule has 2 saturated heterocycles. The van der Waals surface area contributed by atoms with Crippen LogP contribution >= 0.6 is 23.6 Å². The second-order valence-corrected chi connectivity index (χ2v) is 19.8. The number of benzene rings is 3. The van der Waals surface area contributed by atoms with Crippen molar-refractivity contribution in [3.63, 3.8) is 0 Å². The zero-order chi connectivity index (χ0) is 51.7. The summed E-state index contributed by atoms with van der Waals surface area (Å²) in [6, 6.07) is 16.2. The van der Waals surface area contributed by atoms with Crippen LogP contribution in [-0.4, -0.2) is 134 Å². The third-order valence-corrected chi connectivity index (χ3v) is 13.2. The minimum absolute atomic E-state index is 0.00596. The van der Waals surface area contributed by atoms with Crippen molar-refractivity contribution < 1.29 is 56.4 Å². The van der Waals surface area contributed by atoms with Gasteiger partial charge >= 0.3 is 6.18 Å². The maximum Gasteiger partial charge on any atom is 0.417 e. The highest BCUT2D eigenvalue weighted by molar-refractivity contribution is 7.81. The van der Waals surface area contributed by atoms with Crippen LogP contribution in [0.15, 0.2) is 77.2 Å². The van der Waals surface area contributed by atoms with E-state index in [9.17, 15) is 37.5 Å². The van der Waals surface area contributed by atoms with Gasteiger partial charge < -0.3 is 44.5 Å². The van der Waals surface area contributed by atoms with Crippen molar-refractivity contribution in [3.8, 4) is 16.2 Å². The Hall–Kier alpha value is -5.84. The predicted octanol–water partition coefficient (Wildman–Crippen LogP) is 6.34. The number of aryl methyl sites for hydroxylation is 1. The Kier molecular flexibility index (Phi) is 18.1. The Morgan fingerprint density at radius 2 is 1.59 bits per heavy atom. The van der Waals surface area contributed by atoms with E-state index in [0.29, 0.717) is 11.4 Å². The molecular weight excluding hydrogens is 964 g/mol. The number of thiocarbonyl (C=S) groups is 1. The fraction of sp³-hybridized carbons (Fsp3) is 0.460. The number of thiazole rings is 1. The van der Waals surface area contributed by atoms with Crippen LogP contribution in [0.3, 0.4) is 0 Å². The van der Waals surface area contributed by atoms with Gasteiger partial charge in [0.15, 0.2) is 5.11 Å². The van der Waals surface area contributed by atoms with Gasteiger partial charge in [0.25, 0.3) is 5.91 Å². The number of anilines is 2. The van der Waals surface area contributed by atoms with Gasteiger partial charge in [0.1, 0.15) is 36.6 Å². The highest BCUT2D eigenvalue weighted by Gasteiger charge is 2.51. The minimum atomic E-state index is -4.68. The van der Waals surface area contributed by atoms with Crippen molar-refractivity contribution in [2.24, 2.45) is 10.4 Å². The Labute approximate surface area is 420 Å². The van der Waals surface area contributed by atoms with Crippen LogP contribution in [0.4, 0.5) is 24.5 Å². The predicted molar refractivity (Wildman–Crippen MR) is 268 cm³/mol. The summed E-state index contributed by atoms with van der Waals surface area (Å²) in [5, 5.41) is 16.2. The van der Waals surface area contributed by atoms with Crippen LogP contribution in [0.1, 0.15) is 63.4 Å². The number of β-amino-alcohol motifs (C(OH)–C–C–N with tert-alkyl or cyclic N) is 1. The fourth-order valence-electron chi connectivity index (χ4n) is 8.13. The molecule has 2 aliphatic rings. The van der Waals surface area contributed by atoms with Gasteiger partial charge in [-0.3, -0.25) is 29.1 Å². The zero-order valence-corrected chi connectivity index (χ0v) is 42.3. The molecule has 2 fully saturated rings. The lowest BCUT2D eigenvalue weighted by atomic mass is 9.85. The molecule has 0 unspecified atom stereocenters. The van der Waals surface area contributed by atoms with E-state index >= 15 is 0 Å². The lowest BCUT2D eigenvalue weighted by Gasteiger charge is -2.35. The number of halogens is 3. The molecule has 2 aliphatic heterocycles. The van der Waals surface area contributed by atoms with Crippen molar-refractivity contribution >= 4 is 69.9 Å². The standard InChI is InChI=1S/C50H60F3N7O9S2/c1-31-42(71-30-56-31)33-10-8-32(9-11-33)26-55-44(63)40-25-37(61)28-58(40)45(64)43(48(2,3)4)57-41(62)29-68-21-20-66-18-19-67-22-23-69-38-16-14-35(15-17-38)60-47(70)59(46(65)49(60,5)6)36-13-12-34(27-54-7)39(24-36)50(51,52)53/h8-17,24,27,30,37,40,43,61H,18-23,25-26,28-29H2,1-7H3,(H,55,63)(H,57,62)/b54-27-/t37-,40+,43-/m1/s1. The summed E-state index contributed by atoms with van der Waals surface area (Å²) >= 11 is 7.22. The average molecular weight is 1020 g/mol. The normalized spacial score (nSPS) is 17.6. The molecule has 4 amide bonds. The van der Waals surface area contributed by atoms with Crippen molar-refractivity contribution in [1.29, 1.82) is 0 Å². The molecule has 3 heterocycles. The molecule has 382 valence electrons. The quantitative estimate of drug-likeness (QED) is 0.0479. The van der Waals surface area contributed by atoms with Crippen LogP contribution < -0.4 is 25.2 Å². The van der Waals surface area contributed by atoms with Crippen molar-refractivity contribution in [2.75, 3.05) is 69.6 Å². The number of likely N-dealkylation sites (tertiary alicyclic amines) is 1. The molecule has 0 spiro atoms. The average Bonchev–Trinajstić information content (AvgIpc) is 3.98. The molecule has 71 heavy (non-hydrogen) atoms. The van der Waals surface area contributed by atoms with Crippen LogP contribution in [0.2, 0.25) is 0 Å². The number of amides is 4. The highest BCUT2D eigenvalue weighted by atomic mass is 32.1. The molecule has 0 saturated carbocycles. The highest BCUT2D eigenvalue weighted by Crippen LogP contribution is 2.40. The van der Waals surface area contributed by atoms with Gasteiger partial charge in [-0.15, -0.1) is 11.3 Å². The summed E-state index contributed by atoms with van der Waals surface area (Å²) in [5.41, 5.74) is 2.19. The number of nitrogens with one attached hydrogen (secondary N) is 2.